The van der Waals surface area contributed by atoms with Crippen molar-refractivity contribution >= 4 is 52.4 Å². The summed E-state index contributed by atoms with van der Waals surface area (Å²) in [5, 5.41) is 19.8. The molecule has 1 saturated carbocycles. The number of nitrogens with zero attached hydrogens (tertiary/aromatic N) is 1. The molecule has 37 heavy (non-hydrogen) atoms. The van der Waals surface area contributed by atoms with E-state index in [1.54, 1.807) is 49.4 Å². The number of carbonyl (C=O) groups is 3. The van der Waals surface area contributed by atoms with E-state index in [9.17, 15) is 19.5 Å². The van der Waals surface area contributed by atoms with Crippen LogP contribution in [0.3, 0.4) is 0 Å². The Morgan fingerprint density at radius 1 is 1.08 bits per heavy atom. The standard InChI is InChI=1S/C27H29Cl2N3O5/c1-27(15-22(32-37-27)17-6-3-2-4-7-17)26(36)31-21(25(34)35)14-16-10-12-18(13-11-16)30-24(33)23-19(28)8-5-9-20(23)29/h5,8-13,17,21H,2-4,6-7,14-15H2,1H3,(H,30,33)(H,31,36)(H,34,35)/t21-,27?/m0/s1. The van der Waals surface area contributed by atoms with E-state index in [2.05, 4.69) is 15.8 Å². The zero-order chi connectivity index (χ0) is 26.6. The second-order valence-corrected chi connectivity index (χ2v) is 10.5. The average molecular weight is 546 g/mol. The van der Waals surface area contributed by atoms with Crippen LogP contribution < -0.4 is 10.6 Å². The smallest absolute Gasteiger partial charge is 0.326 e. The quantitative estimate of drug-likeness (QED) is 0.406. The predicted molar refractivity (Wildman–Crippen MR) is 142 cm³/mol. The molecular formula is C27H29Cl2N3O5. The Hall–Kier alpha value is -3.10. The summed E-state index contributed by atoms with van der Waals surface area (Å²) >= 11 is 12.2. The maximum absolute atomic E-state index is 13.0. The Kier molecular flexibility index (Phi) is 8.39. The van der Waals surface area contributed by atoms with Gasteiger partial charge in [0.15, 0.2) is 0 Å². The Morgan fingerprint density at radius 2 is 1.73 bits per heavy atom. The topological polar surface area (TPSA) is 117 Å². The minimum absolute atomic E-state index is 0.0536. The highest BCUT2D eigenvalue weighted by molar-refractivity contribution is 6.40. The highest BCUT2D eigenvalue weighted by atomic mass is 35.5. The summed E-state index contributed by atoms with van der Waals surface area (Å²) in [6.07, 6.45) is 6.00. The normalized spacial score (nSPS) is 20.5. The highest BCUT2D eigenvalue weighted by Gasteiger charge is 2.44. The van der Waals surface area contributed by atoms with Crippen molar-refractivity contribution in [1.29, 1.82) is 0 Å². The van der Waals surface area contributed by atoms with Crippen molar-refractivity contribution in [3.63, 3.8) is 0 Å². The number of halogens is 2. The van der Waals surface area contributed by atoms with Crippen molar-refractivity contribution in [2.75, 3.05) is 5.32 Å². The molecule has 2 aliphatic rings. The van der Waals surface area contributed by atoms with Gasteiger partial charge >= 0.3 is 5.97 Å². The number of carboxylic acid groups (broad SMARTS) is 1. The Balaban J connectivity index is 1.36. The van der Waals surface area contributed by atoms with Crippen LogP contribution in [0.25, 0.3) is 0 Å². The van der Waals surface area contributed by atoms with Gasteiger partial charge in [-0.2, -0.15) is 0 Å². The van der Waals surface area contributed by atoms with Gasteiger partial charge in [0.1, 0.15) is 6.04 Å². The maximum atomic E-state index is 13.0. The van der Waals surface area contributed by atoms with Gasteiger partial charge in [-0.05, 0) is 49.6 Å². The molecule has 1 unspecified atom stereocenters. The molecule has 0 radical (unpaired) electrons. The van der Waals surface area contributed by atoms with Crippen LogP contribution >= 0.6 is 23.2 Å². The number of hydrogen-bond donors (Lipinski definition) is 3. The lowest BCUT2D eigenvalue weighted by Crippen LogP contribution is -2.52. The number of hydrogen-bond acceptors (Lipinski definition) is 5. The zero-order valence-electron chi connectivity index (χ0n) is 20.4. The molecule has 1 aliphatic carbocycles. The van der Waals surface area contributed by atoms with Crippen molar-refractivity contribution < 1.29 is 24.3 Å². The SMILES string of the molecule is CC1(C(=O)N[C@@H](Cc2ccc(NC(=O)c3c(Cl)cccc3Cl)cc2)C(=O)O)CC(C2CCCCC2)=NO1. The molecule has 0 aromatic heterocycles. The van der Waals surface area contributed by atoms with Gasteiger partial charge in [0, 0.05) is 24.4 Å². The van der Waals surface area contributed by atoms with E-state index in [-0.39, 0.29) is 22.0 Å². The van der Waals surface area contributed by atoms with E-state index in [1.165, 1.54) is 6.42 Å². The molecule has 1 aliphatic heterocycles. The maximum Gasteiger partial charge on any atom is 0.326 e. The fraction of sp³-hybridized carbons (Fsp3) is 0.407. The monoisotopic (exact) mass is 545 g/mol. The fourth-order valence-electron chi connectivity index (χ4n) is 4.73. The van der Waals surface area contributed by atoms with Crippen LogP contribution in [0.2, 0.25) is 10.0 Å². The van der Waals surface area contributed by atoms with Crippen molar-refractivity contribution in [2.45, 2.75) is 63.5 Å². The molecule has 0 bridgehead atoms. The minimum atomic E-state index is -1.23. The first-order chi connectivity index (χ1) is 17.7. The van der Waals surface area contributed by atoms with Gasteiger partial charge in [0.05, 0.1) is 21.3 Å². The number of amides is 2. The van der Waals surface area contributed by atoms with E-state index in [0.717, 1.165) is 31.4 Å². The molecule has 0 spiro atoms. The van der Waals surface area contributed by atoms with Crippen LogP contribution in [0.1, 0.15) is 61.4 Å². The number of anilines is 1. The summed E-state index contributed by atoms with van der Waals surface area (Å²) in [5.74, 6) is -1.80. The van der Waals surface area contributed by atoms with Crippen molar-refractivity contribution in [2.24, 2.45) is 11.1 Å². The van der Waals surface area contributed by atoms with Gasteiger partial charge in [-0.25, -0.2) is 4.79 Å². The molecular weight excluding hydrogens is 517 g/mol. The van der Waals surface area contributed by atoms with Gasteiger partial charge in [0.2, 0.25) is 5.60 Å². The molecule has 4 rings (SSSR count). The number of carboxylic acids is 1. The summed E-state index contributed by atoms with van der Waals surface area (Å²) in [4.78, 5) is 43.1. The van der Waals surface area contributed by atoms with Crippen molar-refractivity contribution in [3.05, 3.63) is 63.6 Å². The summed E-state index contributed by atoms with van der Waals surface area (Å²) in [5.41, 5.74) is 0.981. The van der Waals surface area contributed by atoms with Crippen LogP contribution in [0, 0.1) is 5.92 Å². The second-order valence-electron chi connectivity index (χ2n) is 9.73. The Bertz CT molecular complexity index is 1190. The van der Waals surface area contributed by atoms with Gasteiger partial charge < -0.3 is 20.6 Å². The molecule has 2 aromatic carbocycles. The molecule has 0 saturated heterocycles. The van der Waals surface area contributed by atoms with Crippen LogP contribution in [-0.2, 0) is 20.8 Å². The molecule has 8 nitrogen and oxygen atoms in total. The van der Waals surface area contributed by atoms with Crippen LogP contribution in [0.4, 0.5) is 5.69 Å². The van der Waals surface area contributed by atoms with Gasteiger partial charge in [-0.15, -0.1) is 0 Å². The predicted octanol–water partition coefficient (Wildman–Crippen LogP) is 5.47. The molecule has 1 heterocycles. The molecule has 10 heteroatoms. The molecule has 2 atom stereocenters. The van der Waals surface area contributed by atoms with Crippen LogP contribution in [0.15, 0.2) is 47.6 Å². The van der Waals surface area contributed by atoms with Gasteiger partial charge in [-0.1, -0.05) is 65.8 Å². The first-order valence-corrected chi connectivity index (χ1v) is 13.0. The Labute approximate surface area is 225 Å². The average Bonchev–Trinajstić information content (AvgIpc) is 3.28. The molecule has 196 valence electrons. The van der Waals surface area contributed by atoms with Crippen molar-refractivity contribution in [3.8, 4) is 0 Å². The lowest BCUT2D eigenvalue weighted by atomic mass is 9.82. The Morgan fingerprint density at radius 3 is 2.35 bits per heavy atom. The molecule has 3 N–H and O–H groups in total. The van der Waals surface area contributed by atoms with Gasteiger partial charge in [-0.3, -0.25) is 9.59 Å². The van der Waals surface area contributed by atoms with Gasteiger partial charge in [0.25, 0.3) is 11.8 Å². The highest BCUT2D eigenvalue weighted by Crippen LogP contribution is 2.33. The number of rotatable bonds is 8. The first kappa shape index (κ1) is 26.9. The summed E-state index contributed by atoms with van der Waals surface area (Å²) in [6.45, 7) is 1.64. The van der Waals surface area contributed by atoms with Crippen LogP contribution in [-0.4, -0.2) is 40.2 Å². The van der Waals surface area contributed by atoms with Crippen molar-refractivity contribution in [1.82, 2.24) is 5.32 Å². The molecule has 2 aromatic rings. The lowest BCUT2D eigenvalue weighted by Gasteiger charge is -2.25. The minimum Gasteiger partial charge on any atom is -0.480 e. The van der Waals surface area contributed by atoms with E-state index in [4.69, 9.17) is 28.0 Å². The third kappa shape index (κ3) is 6.43. The number of benzene rings is 2. The lowest BCUT2D eigenvalue weighted by molar-refractivity contribution is -0.148. The third-order valence-corrected chi connectivity index (χ3v) is 7.51. The summed E-state index contributed by atoms with van der Waals surface area (Å²) < 4.78 is 0. The summed E-state index contributed by atoms with van der Waals surface area (Å²) in [6, 6.07) is 10.3. The first-order valence-electron chi connectivity index (χ1n) is 12.3. The van der Waals surface area contributed by atoms with E-state index < -0.39 is 29.4 Å². The van der Waals surface area contributed by atoms with E-state index in [0.29, 0.717) is 23.6 Å². The fourth-order valence-corrected chi connectivity index (χ4v) is 5.29. The van der Waals surface area contributed by atoms with E-state index in [1.807, 2.05) is 0 Å². The summed E-state index contributed by atoms with van der Waals surface area (Å²) in [7, 11) is 0. The number of oxime groups is 1. The third-order valence-electron chi connectivity index (χ3n) is 6.88. The zero-order valence-corrected chi connectivity index (χ0v) is 21.9. The van der Waals surface area contributed by atoms with E-state index >= 15 is 0 Å². The second kappa shape index (κ2) is 11.5. The largest absolute Gasteiger partial charge is 0.480 e. The molecule has 2 amide bonds. The molecule has 1 fully saturated rings. The number of nitrogens with one attached hydrogen (secondary N) is 2. The number of aliphatic carboxylic acids is 1. The number of carbonyl (C=O) groups excluding carboxylic acids is 2. The van der Waals surface area contributed by atoms with Crippen LogP contribution in [0.5, 0.6) is 0 Å².